The third-order valence-corrected chi connectivity index (χ3v) is 12.5. The Hall–Kier alpha value is -2.50. The van der Waals surface area contributed by atoms with Gasteiger partial charge in [0.15, 0.2) is 0 Å². The molecular formula is C37H55NO5. The molecule has 1 aromatic carbocycles. The van der Waals surface area contributed by atoms with Gasteiger partial charge < -0.3 is 20.3 Å². The molecular weight excluding hydrogens is 538 g/mol. The lowest BCUT2D eigenvalue weighted by Crippen LogP contribution is -2.51. The van der Waals surface area contributed by atoms with Crippen LogP contribution in [0.2, 0.25) is 0 Å². The molecule has 9 atom stereocenters. The van der Waals surface area contributed by atoms with Crippen LogP contribution in [0.5, 0.6) is 5.75 Å². The highest BCUT2D eigenvalue weighted by atomic mass is 16.6. The van der Waals surface area contributed by atoms with Gasteiger partial charge in [0, 0.05) is 12.8 Å². The highest BCUT2D eigenvalue weighted by Crippen LogP contribution is 2.67. The van der Waals surface area contributed by atoms with E-state index in [0.717, 1.165) is 60.8 Å². The summed E-state index contributed by atoms with van der Waals surface area (Å²) in [6.07, 6.45) is 15.0. The molecule has 4 aliphatic carbocycles. The number of benzene rings is 1. The maximum atomic E-state index is 12.8. The lowest BCUT2D eigenvalue weighted by molar-refractivity contribution is -0.139. The minimum absolute atomic E-state index is 0.118. The first-order chi connectivity index (χ1) is 20.4. The van der Waals surface area contributed by atoms with Gasteiger partial charge in [0.2, 0.25) is 0 Å². The molecule has 0 aliphatic heterocycles. The number of carbonyl (C=O) groups excluding carboxylic acids is 1. The number of phenols is 1. The molecule has 6 nitrogen and oxygen atoms in total. The van der Waals surface area contributed by atoms with Gasteiger partial charge in [-0.15, -0.1) is 0 Å². The summed E-state index contributed by atoms with van der Waals surface area (Å²) in [5.41, 5.74) is 2.82. The smallest absolute Gasteiger partial charge is 0.408 e. The average Bonchev–Trinajstić information content (AvgIpc) is 3.31. The van der Waals surface area contributed by atoms with Crippen molar-refractivity contribution in [1.82, 2.24) is 5.32 Å². The molecule has 0 aromatic heterocycles. The van der Waals surface area contributed by atoms with Gasteiger partial charge in [-0.25, -0.2) is 9.59 Å². The number of carbonyl (C=O) groups is 2. The highest BCUT2D eigenvalue weighted by molar-refractivity contribution is 5.80. The molecule has 1 aromatic rings. The molecule has 3 fully saturated rings. The van der Waals surface area contributed by atoms with Crippen molar-refractivity contribution >= 4 is 12.1 Å². The van der Waals surface area contributed by atoms with E-state index in [1.54, 1.807) is 12.1 Å². The summed E-state index contributed by atoms with van der Waals surface area (Å²) >= 11 is 0. The molecule has 0 radical (unpaired) electrons. The summed E-state index contributed by atoms with van der Waals surface area (Å²) in [7, 11) is 0. The van der Waals surface area contributed by atoms with E-state index in [9.17, 15) is 19.8 Å². The Labute approximate surface area is 259 Å². The van der Waals surface area contributed by atoms with Crippen molar-refractivity contribution in [2.75, 3.05) is 0 Å². The van der Waals surface area contributed by atoms with Crippen LogP contribution >= 0.6 is 0 Å². The monoisotopic (exact) mass is 593 g/mol. The van der Waals surface area contributed by atoms with Crippen LogP contribution in [0.25, 0.3) is 0 Å². The predicted molar refractivity (Wildman–Crippen MR) is 170 cm³/mol. The molecule has 0 heterocycles. The van der Waals surface area contributed by atoms with Crippen molar-refractivity contribution in [3.63, 3.8) is 0 Å². The summed E-state index contributed by atoms with van der Waals surface area (Å²) in [5, 5.41) is 21.8. The summed E-state index contributed by atoms with van der Waals surface area (Å²) in [4.78, 5) is 24.7. The average molecular weight is 594 g/mol. The zero-order valence-electron chi connectivity index (χ0n) is 27.1. The molecule has 1 amide bonds. The molecule has 43 heavy (non-hydrogen) atoms. The number of allylic oxidation sites excluding steroid dienone is 1. The largest absolute Gasteiger partial charge is 0.508 e. The van der Waals surface area contributed by atoms with Crippen LogP contribution in [0, 0.1) is 46.3 Å². The van der Waals surface area contributed by atoms with E-state index in [1.165, 1.54) is 62.7 Å². The number of ether oxygens (including phenoxy) is 1. The Morgan fingerprint density at radius 3 is 2.44 bits per heavy atom. The number of rotatable bonds is 10. The van der Waals surface area contributed by atoms with E-state index in [-0.39, 0.29) is 23.7 Å². The molecule has 0 bridgehead atoms. The number of hydrogen-bond acceptors (Lipinski definition) is 4. The first-order valence-electron chi connectivity index (χ1n) is 17.1. The van der Waals surface area contributed by atoms with E-state index in [1.807, 2.05) is 0 Å². The maximum absolute atomic E-state index is 12.8. The Morgan fingerprint density at radius 2 is 1.74 bits per heavy atom. The zero-order valence-corrected chi connectivity index (χ0v) is 27.1. The number of aliphatic carboxylic acids is 1. The number of alkyl carbamates (subject to hydrolysis) is 1. The second-order valence-electron chi connectivity index (χ2n) is 15.5. The molecule has 3 unspecified atom stereocenters. The summed E-state index contributed by atoms with van der Waals surface area (Å²) < 4.78 is 5.84. The van der Waals surface area contributed by atoms with Crippen molar-refractivity contribution < 1.29 is 24.5 Å². The first kappa shape index (κ1) is 31.9. The van der Waals surface area contributed by atoms with E-state index in [4.69, 9.17) is 4.74 Å². The second kappa shape index (κ2) is 12.9. The van der Waals surface area contributed by atoms with Gasteiger partial charge >= 0.3 is 12.1 Å². The highest BCUT2D eigenvalue weighted by Gasteiger charge is 2.59. The maximum Gasteiger partial charge on any atom is 0.408 e. The van der Waals surface area contributed by atoms with Gasteiger partial charge in [0.1, 0.15) is 17.9 Å². The third-order valence-electron chi connectivity index (χ3n) is 12.5. The number of aromatic hydroxyl groups is 1. The van der Waals surface area contributed by atoms with Crippen LogP contribution in [0.4, 0.5) is 4.79 Å². The molecule has 6 heteroatoms. The molecule has 5 rings (SSSR count). The lowest BCUT2D eigenvalue weighted by Gasteiger charge is -2.58. The predicted octanol–water partition coefficient (Wildman–Crippen LogP) is 8.52. The van der Waals surface area contributed by atoms with E-state index in [0.29, 0.717) is 11.3 Å². The molecule has 0 saturated heterocycles. The molecule has 3 saturated carbocycles. The van der Waals surface area contributed by atoms with E-state index in [2.05, 4.69) is 46.0 Å². The van der Waals surface area contributed by atoms with Crippen LogP contribution in [0.1, 0.15) is 111 Å². The molecule has 238 valence electrons. The molecule has 0 spiro atoms. The minimum atomic E-state index is -1.11. The fourth-order valence-electron chi connectivity index (χ4n) is 10.1. The normalized spacial score (nSPS) is 34.7. The fourth-order valence-corrected chi connectivity index (χ4v) is 10.1. The van der Waals surface area contributed by atoms with Crippen molar-refractivity contribution in [1.29, 1.82) is 0 Å². The quantitative estimate of drug-likeness (QED) is 0.236. The van der Waals surface area contributed by atoms with Crippen LogP contribution in [-0.2, 0) is 16.0 Å². The van der Waals surface area contributed by atoms with Crippen LogP contribution in [-0.4, -0.2) is 34.4 Å². The van der Waals surface area contributed by atoms with Crippen molar-refractivity contribution in [3.05, 3.63) is 41.5 Å². The Balaban J connectivity index is 1.19. The minimum Gasteiger partial charge on any atom is -0.508 e. The number of nitrogens with one attached hydrogen (secondary N) is 1. The van der Waals surface area contributed by atoms with E-state index >= 15 is 0 Å². The van der Waals surface area contributed by atoms with Crippen LogP contribution < -0.4 is 5.32 Å². The standard InChI is InChI=1S/C37H55NO5/c1-23(2)7-6-8-24(3)30-15-16-31-29-14-11-26-22-28(17-19-36(26,4)32(29)18-20-37(30,31)5)43-35(42)38-33(34(40)41)21-25-9-12-27(39)13-10-25/h9-13,23-24,28-33,39H,6-8,14-22H2,1-5H3,(H,38,42)(H,40,41)/t24-,28+,29+,30-,31+,32+,33?,36?,37?/m1/s1. The number of hydrogen-bond donors (Lipinski definition) is 3. The Kier molecular flexibility index (Phi) is 9.54. The van der Waals surface area contributed by atoms with Gasteiger partial charge in [0.05, 0.1) is 0 Å². The van der Waals surface area contributed by atoms with Gasteiger partial charge in [-0.3, -0.25) is 0 Å². The van der Waals surface area contributed by atoms with Crippen molar-refractivity contribution in [2.45, 2.75) is 124 Å². The van der Waals surface area contributed by atoms with Crippen molar-refractivity contribution in [2.24, 2.45) is 46.3 Å². The number of carboxylic acids is 1. The second-order valence-corrected chi connectivity index (χ2v) is 15.5. The topological polar surface area (TPSA) is 95.9 Å². The number of phenolic OH excluding ortho intramolecular Hbond substituents is 1. The summed E-state index contributed by atoms with van der Waals surface area (Å²) in [5.74, 6) is 3.77. The van der Waals surface area contributed by atoms with Crippen LogP contribution in [0.15, 0.2) is 35.9 Å². The lowest BCUT2D eigenvalue weighted by atomic mass is 9.47. The number of fused-ring (bicyclic) bond motifs is 5. The third kappa shape index (κ3) is 6.63. The summed E-state index contributed by atoms with van der Waals surface area (Å²) in [6.45, 7) is 12.3. The SMILES string of the molecule is CC(C)CCC[C@@H](C)[C@H]1CC[C@H]2[C@@H]3CC=C4C[C@@H](OC(=O)NC(Cc5ccc(O)cc5)C(=O)O)CCC4(C)[C@H]3CCC12C. The fraction of sp³-hybridized carbons (Fsp3) is 0.730. The Morgan fingerprint density at radius 1 is 1.00 bits per heavy atom. The molecule has 3 N–H and O–H groups in total. The molecule has 4 aliphatic rings. The first-order valence-corrected chi connectivity index (χ1v) is 17.1. The van der Waals surface area contributed by atoms with Gasteiger partial charge in [-0.1, -0.05) is 77.7 Å². The van der Waals surface area contributed by atoms with Crippen molar-refractivity contribution in [3.8, 4) is 5.75 Å². The number of carboxylic acid groups (broad SMARTS) is 1. The zero-order chi connectivity index (χ0) is 30.9. The van der Waals surface area contributed by atoms with Crippen LogP contribution in [0.3, 0.4) is 0 Å². The Bertz CT molecular complexity index is 1180. The van der Waals surface area contributed by atoms with Gasteiger partial charge in [-0.05, 0) is 109 Å². The number of amides is 1. The van der Waals surface area contributed by atoms with Gasteiger partial charge in [0.25, 0.3) is 0 Å². The van der Waals surface area contributed by atoms with Gasteiger partial charge in [-0.2, -0.15) is 0 Å². The summed E-state index contributed by atoms with van der Waals surface area (Å²) in [6, 6.07) is 5.27. The van der Waals surface area contributed by atoms with E-state index < -0.39 is 18.1 Å².